The van der Waals surface area contributed by atoms with E-state index in [0.29, 0.717) is 6.42 Å². The molecule has 0 fully saturated rings. The predicted octanol–water partition coefficient (Wildman–Crippen LogP) is 5.37. The first-order valence-electron chi connectivity index (χ1n) is 6.16. The molecule has 0 aromatic heterocycles. The number of hydrogen-bond donors (Lipinski definition) is 0. The van der Waals surface area contributed by atoms with Crippen molar-refractivity contribution in [3.8, 4) is 0 Å². The maximum absolute atomic E-state index is 12.4. The Labute approximate surface area is 119 Å². The van der Waals surface area contributed by atoms with Crippen molar-refractivity contribution in [1.29, 1.82) is 0 Å². The largest absolute Gasteiger partial charge is 0.446 e. The van der Waals surface area contributed by atoms with Gasteiger partial charge in [-0.3, -0.25) is 0 Å². The van der Waals surface area contributed by atoms with E-state index in [1.165, 1.54) is 6.07 Å². The van der Waals surface area contributed by atoms with E-state index in [1.807, 2.05) is 36.4 Å². The molecule has 3 rings (SSSR count). The molecule has 0 atom stereocenters. The van der Waals surface area contributed by atoms with Crippen molar-refractivity contribution in [1.82, 2.24) is 0 Å². The predicted molar refractivity (Wildman–Crippen MR) is 76.5 cm³/mol. The molecular weight excluding hydrogens is 281 g/mol. The van der Waals surface area contributed by atoms with Gasteiger partial charge in [0.25, 0.3) is 0 Å². The third kappa shape index (κ3) is 2.90. The smallest absolute Gasteiger partial charge is 0.160 e. The summed E-state index contributed by atoms with van der Waals surface area (Å²) in [6, 6.07) is 12.9. The van der Waals surface area contributed by atoms with Gasteiger partial charge in [-0.15, -0.1) is 0 Å². The minimum absolute atomic E-state index is 0.0624. The number of fused-ring (bicyclic) bond motifs is 2. The maximum atomic E-state index is 12.4. The van der Waals surface area contributed by atoms with Gasteiger partial charge in [0.2, 0.25) is 0 Å². The van der Waals surface area contributed by atoms with Gasteiger partial charge < -0.3 is 0 Å². The van der Waals surface area contributed by atoms with Crippen LogP contribution in [0.5, 0.6) is 0 Å². The third-order valence-electron chi connectivity index (χ3n) is 3.23. The van der Waals surface area contributed by atoms with E-state index >= 15 is 0 Å². The van der Waals surface area contributed by atoms with E-state index in [-0.39, 0.29) is 16.7 Å². The molecule has 0 aliphatic heterocycles. The van der Waals surface area contributed by atoms with E-state index in [4.69, 9.17) is 0 Å². The van der Waals surface area contributed by atoms with E-state index < -0.39 is 5.51 Å². The first-order valence-corrected chi connectivity index (χ1v) is 6.97. The van der Waals surface area contributed by atoms with Crippen molar-refractivity contribution < 1.29 is 13.2 Å². The third-order valence-corrected chi connectivity index (χ3v) is 3.95. The lowest BCUT2D eigenvalue weighted by Gasteiger charge is -2.10. The Kier molecular flexibility index (Phi) is 3.34. The maximum Gasteiger partial charge on any atom is 0.446 e. The van der Waals surface area contributed by atoms with Crippen molar-refractivity contribution in [2.75, 3.05) is 0 Å². The molecular formula is C16H11F3S. The number of alkyl halides is 3. The second kappa shape index (κ2) is 5.02. The Balaban J connectivity index is 1.99. The summed E-state index contributed by atoms with van der Waals surface area (Å²) in [5.41, 5.74) is -0.0780. The van der Waals surface area contributed by atoms with E-state index in [0.717, 1.165) is 22.3 Å². The average molecular weight is 292 g/mol. The molecule has 0 heterocycles. The van der Waals surface area contributed by atoms with Crippen molar-refractivity contribution >= 4 is 23.9 Å². The van der Waals surface area contributed by atoms with Crippen LogP contribution in [0.3, 0.4) is 0 Å². The number of halogens is 3. The SMILES string of the molecule is FC(F)(F)Sc1ccc2c(c1)Cc1ccccc1C=C2. The van der Waals surface area contributed by atoms with Gasteiger partial charge >= 0.3 is 5.51 Å². The number of hydrogen-bond acceptors (Lipinski definition) is 1. The molecule has 1 aliphatic carbocycles. The lowest BCUT2D eigenvalue weighted by molar-refractivity contribution is -0.0328. The monoisotopic (exact) mass is 292 g/mol. The molecule has 2 aromatic rings. The molecule has 0 radical (unpaired) electrons. The molecule has 0 bridgehead atoms. The molecule has 20 heavy (non-hydrogen) atoms. The molecule has 102 valence electrons. The fourth-order valence-corrected chi connectivity index (χ4v) is 2.94. The van der Waals surface area contributed by atoms with Crippen LogP contribution in [0.2, 0.25) is 0 Å². The first-order chi connectivity index (χ1) is 9.51. The summed E-state index contributed by atoms with van der Waals surface area (Å²) >= 11 is -0.0624. The van der Waals surface area contributed by atoms with Crippen molar-refractivity contribution in [2.45, 2.75) is 16.8 Å². The molecule has 0 spiro atoms. The number of rotatable bonds is 1. The van der Waals surface area contributed by atoms with E-state index in [2.05, 4.69) is 0 Å². The van der Waals surface area contributed by atoms with Crippen LogP contribution in [0, 0.1) is 0 Å². The van der Waals surface area contributed by atoms with Crippen LogP contribution < -0.4 is 0 Å². The highest BCUT2D eigenvalue weighted by molar-refractivity contribution is 8.00. The molecule has 2 aromatic carbocycles. The fraction of sp³-hybridized carbons (Fsp3) is 0.125. The summed E-state index contributed by atoms with van der Waals surface area (Å²) in [6.45, 7) is 0. The molecule has 0 amide bonds. The topological polar surface area (TPSA) is 0 Å². The quantitative estimate of drug-likeness (QED) is 0.543. The molecule has 1 aliphatic rings. The van der Waals surface area contributed by atoms with E-state index in [1.54, 1.807) is 12.1 Å². The van der Waals surface area contributed by atoms with Crippen LogP contribution in [0.25, 0.3) is 12.2 Å². The Hall–Kier alpha value is -1.68. The van der Waals surface area contributed by atoms with Gasteiger partial charge in [-0.1, -0.05) is 42.5 Å². The summed E-state index contributed by atoms with van der Waals surface area (Å²) in [7, 11) is 0. The highest BCUT2D eigenvalue weighted by Crippen LogP contribution is 2.38. The average Bonchev–Trinajstić information content (AvgIpc) is 2.55. The Morgan fingerprint density at radius 3 is 2.30 bits per heavy atom. The van der Waals surface area contributed by atoms with Crippen LogP contribution in [-0.2, 0) is 6.42 Å². The van der Waals surface area contributed by atoms with Gasteiger partial charge in [0.1, 0.15) is 0 Å². The second-order valence-corrected chi connectivity index (χ2v) is 5.76. The molecule has 0 nitrogen and oxygen atoms in total. The molecule has 0 unspecified atom stereocenters. The summed E-state index contributed by atoms with van der Waals surface area (Å²) in [6.07, 6.45) is 4.63. The zero-order valence-corrected chi connectivity index (χ0v) is 11.3. The molecule has 0 saturated carbocycles. The zero-order valence-electron chi connectivity index (χ0n) is 10.4. The normalized spacial score (nSPS) is 13.6. The Morgan fingerprint density at radius 1 is 0.850 bits per heavy atom. The van der Waals surface area contributed by atoms with Gasteiger partial charge in [0, 0.05) is 4.90 Å². The molecule has 0 N–H and O–H groups in total. The van der Waals surface area contributed by atoms with Crippen LogP contribution in [0.4, 0.5) is 13.2 Å². The molecule has 0 saturated heterocycles. The van der Waals surface area contributed by atoms with Crippen molar-refractivity contribution in [3.05, 3.63) is 64.7 Å². The van der Waals surface area contributed by atoms with Crippen LogP contribution in [0.1, 0.15) is 22.3 Å². The lowest BCUT2D eigenvalue weighted by Crippen LogP contribution is -2.00. The number of benzene rings is 2. The van der Waals surface area contributed by atoms with Crippen LogP contribution >= 0.6 is 11.8 Å². The van der Waals surface area contributed by atoms with Crippen LogP contribution in [-0.4, -0.2) is 5.51 Å². The van der Waals surface area contributed by atoms with Crippen LogP contribution in [0.15, 0.2) is 47.4 Å². The summed E-state index contributed by atoms with van der Waals surface area (Å²) in [5, 5.41) is 0. The van der Waals surface area contributed by atoms with Crippen molar-refractivity contribution in [2.24, 2.45) is 0 Å². The standard InChI is InChI=1S/C16H11F3S/c17-16(18,19)20-15-8-7-12-6-5-11-3-1-2-4-13(11)9-14(12)10-15/h1-8,10H,9H2. The van der Waals surface area contributed by atoms with Crippen molar-refractivity contribution in [3.63, 3.8) is 0 Å². The minimum atomic E-state index is -4.24. The van der Waals surface area contributed by atoms with E-state index in [9.17, 15) is 13.2 Å². The first kappa shape index (κ1) is 13.3. The minimum Gasteiger partial charge on any atom is -0.160 e. The Morgan fingerprint density at radius 2 is 1.55 bits per heavy atom. The van der Waals surface area contributed by atoms with Gasteiger partial charge in [-0.25, -0.2) is 0 Å². The van der Waals surface area contributed by atoms with Gasteiger partial charge in [0.15, 0.2) is 0 Å². The number of thioether (sulfide) groups is 1. The summed E-state index contributed by atoms with van der Waals surface area (Å²) < 4.78 is 37.3. The zero-order chi connectivity index (χ0) is 14.2. The van der Waals surface area contributed by atoms with Gasteiger partial charge in [-0.2, -0.15) is 13.2 Å². The molecule has 4 heteroatoms. The van der Waals surface area contributed by atoms with Gasteiger partial charge in [-0.05, 0) is 52.6 Å². The lowest BCUT2D eigenvalue weighted by atomic mass is 10.00. The second-order valence-electron chi connectivity index (χ2n) is 4.62. The highest BCUT2D eigenvalue weighted by Gasteiger charge is 2.29. The summed E-state index contributed by atoms with van der Waals surface area (Å²) in [5.74, 6) is 0. The highest BCUT2D eigenvalue weighted by atomic mass is 32.2. The fourth-order valence-electron chi connectivity index (χ4n) is 2.34. The van der Waals surface area contributed by atoms with Gasteiger partial charge in [0.05, 0.1) is 0 Å². The summed E-state index contributed by atoms with van der Waals surface area (Å²) in [4.78, 5) is 0.240. The Bertz CT molecular complexity index is 672.